The summed E-state index contributed by atoms with van der Waals surface area (Å²) in [6.07, 6.45) is 1.39. The van der Waals surface area contributed by atoms with Gasteiger partial charge in [0.25, 0.3) is 15.9 Å². The maximum absolute atomic E-state index is 13.6. The van der Waals surface area contributed by atoms with Crippen molar-refractivity contribution in [3.63, 3.8) is 0 Å². The van der Waals surface area contributed by atoms with E-state index in [4.69, 9.17) is 9.47 Å². The molecule has 0 atom stereocenters. The molecule has 4 rings (SSSR count). The lowest BCUT2D eigenvalue weighted by Gasteiger charge is -2.25. The van der Waals surface area contributed by atoms with Crippen molar-refractivity contribution in [2.75, 3.05) is 18.0 Å². The fraction of sp³-hybridized carbons (Fsp3) is 0.100. The van der Waals surface area contributed by atoms with Gasteiger partial charge in [-0.15, -0.1) is 0 Å². The molecule has 4 aromatic rings. The number of nitrogens with one attached hydrogen (secondary N) is 1. The SMILES string of the molecule is COc1ccccc1N(CC(=O)N/N=C\c1ccc(OC(=O)c2ccccc2)cc1)S(=O)(=O)c1ccc(C)cc1. The number of hydrogen-bond donors (Lipinski definition) is 1. The number of anilines is 1. The van der Waals surface area contributed by atoms with Crippen LogP contribution in [-0.4, -0.2) is 40.2 Å². The van der Waals surface area contributed by atoms with E-state index in [9.17, 15) is 18.0 Å². The van der Waals surface area contributed by atoms with Crippen LogP contribution in [0.5, 0.6) is 11.5 Å². The first-order valence-electron chi connectivity index (χ1n) is 12.2. The smallest absolute Gasteiger partial charge is 0.343 e. The number of hydrazone groups is 1. The Hall–Kier alpha value is -4.96. The van der Waals surface area contributed by atoms with Gasteiger partial charge in [-0.1, -0.05) is 48.0 Å². The number of para-hydroxylation sites is 2. The van der Waals surface area contributed by atoms with E-state index in [1.807, 2.05) is 13.0 Å². The van der Waals surface area contributed by atoms with E-state index in [0.717, 1.165) is 9.87 Å². The predicted molar refractivity (Wildman–Crippen MR) is 152 cm³/mol. The quantitative estimate of drug-likeness (QED) is 0.132. The van der Waals surface area contributed by atoms with E-state index in [2.05, 4.69) is 10.5 Å². The van der Waals surface area contributed by atoms with Crippen molar-refractivity contribution in [1.29, 1.82) is 0 Å². The van der Waals surface area contributed by atoms with Gasteiger partial charge < -0.3 is 9.47 Å². The van der Waals surface area contributed by atoms with Crippen LogP contribution in [0.15, 0.2) is 113 Å². The number of nitrogens with zero attached hydrogens (tertiary/aromatic N) is 2. The second-order valence-electron chi connectivity index (χ2n) is 8.61. The van der Waals surface area contributed by atoms with Crippen LogP contribution < -0.4 is 19.2 Å². The number of methoxy groups -OCH3 is 1. The van der Waals surface area contributed by atoms with Crippen LogP contribution >= 0.6 is 0 Å². The van der Waals surface area contributed by atoms with Gasteiger partial charge in [0.1, 0.15) is 18.0 Å². The van der Waals surface area contributed by atoms with Gasteiger partial charge in [0.15, 0.2) is 0 Å². The summed E-state index contributed by atoms with van der Waals surface area (Å²) in [5.41, 5.74) is 4.53. The zero-order chi connectivity index (χ0) is 28.5. The van der Waals surface area contributed by atoms with Gasteiger partial charge in [-0.2, -0.15) is 5.10 Å². The van der Waals surface area contributed by atoms with Gasteiger partial charge in [-0.05, 0) is 73.2 Å². The number of ether oxygens (including phenoxy) is 2. The molecule has 0 spiro atoms. The van der Waals surface area contributed by atoms with E-state index >= 15 is 0 Å². The molecule has 0 aliphatic rings. The molecule has 0 saturated heterocycles. The Bertz CT molecular complexity index is 1600. The standard InChI is InChI=1S/C30H27N3O6S/c1-22-12-18-26(19-13-22)40(36,37)33(27-10-6-7-11-28(27)38-2)21-29(34)32-31-20-23-14-16-25(17-15-23)39-30(35)24-8-4-3-5-9-24/h3-20H,21H2,1-2H3,(H,32,34)/b31-20-. The summed E-state index contributed by atoms with van der Waals surface area (Å²) in [7, 11) is -2.69. The van der Waals surface area contributed by atoms with Crippen molar-refractivity contribution in [3.8, 4) is 11.5 Å². The van der Waals surface area contributed by atoms with Crippen LogP contribution in [0.1, 0.15) is 21.5 Å². The van der Waals surface area contributed by atoms with Gasteiger partial charge in [-0.25, -0.2) is 18.6 Å². The second kappa shape index (κ2) is 12.7. The number of carbonyl (C=O) groups excluding carboxylic acids is 2. The molecule has 10 heteroatoms. The van der Waals surface area contributed by atoms with Crippen LogP contribution in [0, 0.1) is 6.92 Å². The average Bonchev–Trinajstić information content (AvgIpc) is 2.97. The van der Waals surface area contributed by atoms with E-state index < -0.39 is 28.4 Å². The van der Waals surface area contributed by atoms with Crippen LogP contribution in [0.2, 0.25) is 0 Å². The number of rotatable bonds is 10. The van der Waals surface area contributed by atoms with Gasteiger partial charge in [-0.3, -0.25) is 9.10 Å². The molecule has 0 aliphatic heterocycles. The minimum Gasteiger partial charge on any atom is -0.495 e. The number of amides is 1. The maximum atomic E-state index is 13.6. The first-order chi connectivity index (χ1) is 19.3. The Balaban J connectivity index is 1.45. The highest BCUT2D eigenvalue weighted by molar-refractivity contribution is 7.92. The first-order valence-corrected chi connectivity index (χ1v) is 13.6. The van der Waals surface area contributed by atoms with Gasteiger partial charge >= 0.3 is 5.97 Å². The van der Waals surface area contributed by atoms with E-state index in [1.165, 1.54) is 25.5 Å². The molecule has 0 unspecified atom stereocenters. The van der Waals surface area contributed by atoms with Crippen molar-refractivity contribution in [1.82, 2.24) is 5.43 Å². The molecule has 1 amide bonds. The summed E-state index contributed by atoms with van der Waals surface area (Å²) >= 11 is 0. The number of sulfonamides is 1. The fourth-order valence-corrected chi connectivity index (χ4v) is 5.11. The number of benzene rings is 4. The summed E-state index contributed by atoms with van der Waals surface area (Å²) in [5, 5.41) is 3.95. The molecule has 0 radical (unpaired) electrons. The minimum absolute atomic E-state index is 0.0355. The molecular weight excluding hydrogens is 530 g/mol. The van der Waals surface area contributed by atoms with Crippen LogP contribution in [0.25, 0.3) is 0 Å². The molecule has 0 fully saturated rings. The minimum atomic E-state index is -4.11. The topological polar surface area (TPSA) is 114 Å². The monoisotopic (exact) mass is 557 g/mol. The summed E-state index contributed by atoms with van der Waals surface area (Å²) < 4.78 is 38.8. The van der Waals surface area contributed by atoms with Gasteiger partial charge in [0, 0.05) is 0 Å². The number of aryl methyl sites for hydroxylation is 1. The lowest BCUT2D eigenvalue weighted by molar-refractivity contribution is -0.119. The lowest BCUT2D eigenvalue weighted by atomic mass is 10.2. The summed E-state index contributed by atoms with van der Waals surface area (Å²) in [4.78, 5) is 25.1. The molecule has 9 nitrogen and oxygen atoms in total. The normalized spacial score (nSPS) is 11.2. The predicted octanol–water partition coefficient (Wildman–Crippen LogP) is 4.57. The molecule has 204 valence electrons. The molecule has 0 heterocycles. The third-order valence-electron chi connectivity index (χ3n) is 5.75. The largest absolute Gasteiger partial charge is 0.495 e. The third-order valence-corrected chi connectivity index (χ3v) is 7.53. The van der Waals surface area contributed by atoms with Crippen molar-refractivity contribution < 1.29 is 27.5 Å². The highest BCUT2D eigenvalue weighted by Gasteiger charge is 2.29. The Labute approximate surface area is 232 Å². The highest BCUT2D eigenvalue weighted by atomic mass is 32.2. The molecule has 40 heavy (non-hydrogen) atoms. The van der Waals surface area contributed by atoms with Gasteiger partial charge in [0.2, 0.25) is 0 Å². The zero-order valence-corrected chi connectivity index (χ0v) is 22.7. The molecule has 0 saturated carbocycles. The molecule has 0 aliphatic carbocycles. The number of esters is 1. The van der Waals surface area contributed by atoms with Crippen LogP contribution in [0.3, 0.4) is 0 Å². The third kappa shape index (κ3) is 6.91. The summed E-state index contributed by atoms with van der Waals surface area (Å²) in [6.45, 7) is 1.31. The van der Waals surface area contributed by atoms with Crippen molar-refractivity contribution >= 4 is 33.8 Å². The second-order valence-corrected chi connectivity index (χ2v) is 10.5. The Kier molecular flexibility index (Phi) is 8.93. The Morgan fingerprint density at radius 1 is 0.875 bits per heavy atom. The van der Waals surface area contributed by atoms with E-state index in [1.54, 1.807) is 84.9 Å². The average molecular weight is 558 g/mol. The van der Waals surface area contributed by atoms with Crippen molar-refractivity contribution in [3.05, 3.63) is 120 Å². The fourth-order valence-electron chi connectivity index (χ4n) is 3.68. The van der Waals surface area contributed by atoms with Crippen LogP contribution in [0.4, 0.5) is 5.69 Å². The Morgan fingerprint density at radius 3 is 2.20 bits per heavy atom. The van der Waals surface area contributed by atoms with E-state index in [0.29, 0.717) is 22.6 Å². The molecule has 4 aromatic carbocycles. The summed E-state index contributed by atoms with van der Waals surface area (Å²) in [5.74, 6) is -0.493. The van der Waals surface area contributed by atoms with Gasteiger partial charge in [0.05, 0.1) is 29.5 Å². The number of hydrogen-bond acceptors (Lipinski definition) is 7. The highest BCUT2D eigenvalue weighted by Crippen LogP contribution is 2.32. The van der Waals surface area contributed by atoms with Crippen molar-refractivity contribution in [2.45, 2.75) is 11.8 Å². The zero-order valence-electron chi connectivity index (χ0n) is 21.9. The molecule has 0 bridgehead atoms. The summed E-state index contributed by atoms with van der Waals surface area (Å²) in [6, 6.07) is 28.0. The Morgan fingerprint density at radius 2 is 1.52 bits per heavy atom. The molecule has 1 N–H and O–H groups in total. The number of carbonyl (C=O) groups is 2. The lowest BCUT2D eigenvalue weighted by Crippen LogP contribution is -2.39. The maximum Gasteiger partial charge on any atom is 0.343 e. The van der Waals surface area contributed by atoms with Crippen LogP contribution in [-0.2, 0) is 14.8 Å². The van der Waals surface area contributed by atoms with E-state index in [-0.39, 0.29) is 10.6 Å². The first kappa shape index (κ1) is 28.1. The van der Waals surface area contributed by atoms with Crippen molar-refractivity contribution in [2.24, 2.45) is 5.10 Å². The molecular formula is C30H27N3O6S. The molecule has 0 aromatic heterocycles.